The van der Waals surface area contributed by atoms with Crippen LogP contribution < -0.4 is 20.6 Å². The molecule has 0 atom stereocenters. The molecule has 1 fully saturated rings. The molecule has 5 heteroatoms. The fraction of sp³-hybridized carbons (Fsp3) is 0.448. The van der Waals surface area contributed by atoms with Gasteiger partial charge in [-0.25, -0.2) is 9.78 Å². The first-order valence-corrected chi connectivity index (χ1v) is 12.2. The van der Waals surface area contributed by atoms with Crippen LogP contribution in [0, 0.1) is 0 Å². The number of methoxy groups -OCH3 is 1. The molecule has 184 valence electrons. The van der Waals surface area contributed by atoms with Crippen LogP contribution in [-0.4, -0.2) is 30.3 Å². The van der Waals surface area contributed by atoms with Gasteiger partial charge in [-0.15, -0.1) is 0 Å². The number of carbonyl (C=O) groups excluding carboxylic acids is 1. The molecule has 5 nitrogen and oxygen atoms in total. The summed E-state index contributed by atoms with van der Waals surface area (Å²) in [7, 11) is 1.70. The van der Waals surface area contributed by atoms with Gasteiger partial charge in [0.25, 0.3) is 0 Å². The minimum absolute atomic E-state index is 0.281. The number of nitrogens with zero attached hydrogens (tertiary/aromatic N) is 1. The Balaban J connectivity index is 0.00000199. The number of nitrogens with one attached hydrogen (secondary N) is 1. The van der Waals surface area contributed by atoms with E-state index < -0.39 is 11.7 Å². The fourth-order valence-corrected chi connectivity index (χ4v) is 3.65. The van der Waals surface area contributed by atoms with Gasteiger partial charge >= 0.3 is 6.09 Å². The topological polar surface area (TPSA) is 60.5 Å². The highest BCUT2D eigenvalue weighted by Crippen LogP contribution is 2.39. The summed E-state index contributed by atoms with van der Waals surface area (Å²) in [5.41, 5.74) is 3.33. The van der Waals surface area contributed by atoms with Crippen molar-refractivity contribution in [2.24, 2.45) is 0 Å². The Labute approximate surface area is 204 Å². The highest BCUT2D eigenvalue weighted by molar-refractivity contribution is 5.69. The molecule has 1 N–H and O–H groups in total. The second-order valence-corrected chi connectivity index (χ2v) is 9.21. The largest absolute Gasteiger partial charge is 0.496 e. The Morgan fingerprint density at radius 2 is 1.91 bits per heavy atom. The van der Waals surface area contributed by atoms with Crippen LogP contribution in [0.1, 0.15) is 72.3 Å². The Bertz CT molecular complexity index is 1110. The van der Waals surface area contributed by atoms with Gasteiger partial charge in [-0.2, -0.15) is 0 Å². The predicted molar refractivity (Wildman–Crippen MR) is 141 cm³/mol. The molecule has 0 saturated heterocycles. The summed E-state index contributed by atoms with van der Waals surface area (Å²) < 4.78 is 11.0. The van der Waals surface area contributed by atoms with Crippen molar-refractivity contribution in [1.29, 1.82) is 0 Å². The summed E-state index contributed by atoms with van der Waals surface area (Å²) in [4.78, 5) is 16.8. The molecule has 0 radical (unpaired) electrons. The second kappa shape index (κ2) is 12.4. The summed E-state index contributed by atoms with van der Waals surface area (Å²) in [6, 6.07) is 10.5. The number of amides is 1. The third-order valence-electron chi connectivity index (χ3n) is 5.55. The van der Waals surface area contributed by atoms with Gasteiger partial charge < -0.3 is 14.8 Å². The maximum Gasteiger partial charge on any atom is 0.407 e. The second-order valence-electron chi connectivity index (χ2n) is 9.21. The van der Waals surface area contributed by atoms with Crippen LogP contribution >= 0.6 is 0 Å². The van der Waals surface area contributed by atoms with Crippen LogP contribution in [0.3, 0.4) is 0 Å². The molecule has 0 aliphatic heterocycles. The number of carbonyl (C=O) groups is 1. The lowest BCUT2D eigenvalue weighted by molar-refractivity contribution is 0.0533. The highest BCUT2D eigenvalue weighted by atomic mass is 16.6. The number of rotatable bonds is 6. The summed E-state index contributed by atoms with van der Waals surface area (Å²) in [5, 5.41) is 4.53. The molecule has 1 aromatic carbocycles. The van der Waals surface area contributed by atoms with Crippen LogP contribution in [0.4, 0.5) is 4.79 Å². The number of ether oxygens (including phenoxy) is 2. The standard InChI is InChI=1S/C27H34N2O3.C2H6/c1-7-19-12-14-23(22-13-11-21(16-25(22)31-6)20-9-8-10-20)29-24(19)15-18(2)17-28-26(30)32-27(3,4)5;1-2/h7,11-16,20H,2,8-10,17H2,1,3-6H3,(H,28,30);1-2H3/b19-7-,24-15+;. The van der Waals surface area contributed by atoms with E-state index in [0.29, 0.717) is 5.92 Å². The number of aromatic nitrogens is 1. The SMILES string of the molecule is C=C(/C=c1/nc(-c2ccc(C3CCC3)cc2OC)cc/c1=C/C)CNC(=O)OC(C)(C)C.CC. The zero-order valence-corrected chi connectivity index (χ0v) is 21.8. The molecular formula is C29H40N2O3. The normalized spacial score (nSPS) is 14.6. The first kappa shape index (κ1) is 27.2. The Kier molecular flexibility index (Phi) is 9.91. The van der Waals surface area contributed by atoms with Crippen molar-refractivity contribution in [2.75, 3.05) is 13.7 Å². The lowest BCUT2D eigenvalue weighted by Crippen LogP contribution is -2.34. The van der Waals surface area contributed by atoms with Crippen molar-refractivity contribution in [3.63, 3.8) is 0 Å². The summed E-state index contributed by atoms with van der Waals surface area (Å²) in [6.45, 7) is 15.8. The maximum atomic E-state index is 11.9. The summed E-state index contributed by atoms with van der Waals surface area (Å²) >= 11 is 0. The average molecular weight is 465 g/mol. The molecule has 1 saturated carbocycles. The third-order valence-corrected chi connectivity index (χ3v) is 5.55. The number of pyridine rings is 1. The molecule has 3 rings (SSSR count). The molecule has 2 aromatic rings. The van der Waals surface area contributed by atoms with E-state index in [0.717, 1.165) is 33.1 Å². The zero-order valence-electron chi connectivity index (χ0n) is 21.8. The van der Waals surface area contributed by atoms with Crippen LogP contribution in [0.2, 0.25) is 0 Å². The number of hydrogen-bond acceptors (Lipinski definition) is 4. The van der Waals surface area contributed by atoms with E-state index in [1.165, 1.54) is 24.8 Å². The van der Waals surface area contributed by atoms with Crippen molar-refractivity contribution in [2.45, 2.75) is 72.3 Å². The van der Waals surface area contributed by atoms with Gasteiger partial charge in [0.15, 0.2) is 0 Å². The van der Waals surface area contributed by atoms with Crippen LogP contribution in [0.15, 0.2) is 42.5 Å². The van der Waals surface area contributed by atoms with Gasteiger partial charge in [0, 0.05) is 12.1 Å². The first-order chi connectivity index (χ1) is 16.2. The molecule has 1 aliphatic rings. The summed E-state index contributed by atoms with van der Waals surface area (Å²) in [5.74, 6) is 1.49. The Hall–Kier alpha value is -3.08. The summed E-state index contributed by atoms with van der Waals surface area (Å²) in [6.07, 6.45) is 7.24. The van der Waals surface area contributed by atoms with E-state index >= 15 is 0 Å². The van der Waals surface area contributed by atoms with Crippen LogP contribution in [-0.2, 0) is 4.74 Å². The van der Waals surface area contributed by atoms with Gasteiger partial charge in [0.05, 0.1) is 18.2 Å². The third kappa shape index (κ3) is 7.47. The lowest BCUT2D eigenvalue weighted by atomic mass is 9.79. The van der Waals surface area contributed by atoms with Crippen LogP contribution in [0.25, 0.3) is 23.4 Å². The van der Waals surface area contributed by atoms with Crippen molar-refractivity contribution >= 4 is 18.2 Å². The van der Waals surface area contributed by atoms with E-state index in [1.807, 2.05) is 65.8 Å². The molecule has 0 bridgehead atoms. The molecule has 1 heterocycles. The molecule has 34 heavy (non-hydrogen) atoms. The van der Waals surface area contributed by atoms with Gasteiger partial charge in [0.1, 0.15) is 11.4 Å². The van der Waals surface area contributed by atoms with E-state index in [9.17, 15) is 4.79 Å². The van der Waals surface area contributed by atoms with Gasteiger partial charge in [-0.1, -0.05) is 45.1 Å². The Morgan fingerprint density at radius 3 is 2.47 bits per heavy atom. The maximum absolute atomic E-state index is 11.9. The molecule has 0 unspecified atom stereocenters. The zero-order chi connectivity index (χ0) is 25.3. The number of hydrogen-bond donors (Lipinski definition) is 1. The van der Waals surface area contributed by atoms with Crippen molar-refractivity contribution < 1.29 is 14.3 Å². The highest BCUT2D eigenvalue weighted by Gasteiger charge is 2.21. The Morgan fingerprint density at radius 1 is 1.21 bits per heavy atom. The predicted octanol–water partition coefficient (Wildman–Crippen LogP) is 5.71. The molecular weight excluding hydrogens is 424 g/mol. The van der Waals surface area contributed by atoms with Crippen molar-refractivity contribution in [1.82, 2.24) is 10.3 Å². The molecule has 1 aliphatic carbocycles. The molecule has 0 spiro atoms. The smallest absolute Gasteiger partial charge is 0.407 e. The van der Waals surface area contributed by atoms with Gasteiger partial charge in [-0.05, 0) is 87.1 Å². The lowest BCUT2D eigenvalue weighted by Gasteiger charge is -2.26. The monoisotopic (exact) mass is 464 g/mol. The first-order valence-electron chi connectivity index (χ1n) is 12.2. The van der Waals surface area contributed by atoms with E-state index in [4.69, 9.17) is 14.5 Å². The van der Waals surface area contributed by atoms with Crippen molar-refractivity contribution in [3.05, 3.63) is 58.6 Å². The van der Waals surface area contributed by atoms with Crippen molar-refractivity contribution in [3.8, 4) is 17.0 Å². The average Bonchev–Trinajstić information content (AvgIpc) is 2.76. The fourth-order valence-electron chi connectivity index (χ4n) is 3.65. The minimum atomic E-state index is -0.539. The van der Waals surface area contributed by atoms with Gasteiger partial charge in [0.2, 0.25) is 0 Å². The quantitative estimate of drug-likeness (QED) is 0.595. The molecule has 1 amide bonds. The minimum Gasteiger partial charge on any atom is -0.496 e. The van der Waals surface area contributed by atoms with E-state index in [-0.39, 0.29) is 6.54 Å². The number of benzene rings is 1. The number of alkyl carbamates (subject to hydrolysis) is 1. The van der Waals surface area contributed by atoms with Crippen LogP contribution in [0.5, 0.6) is 5.75 Å². The molecule has 1 aromatic heterocycles. The van der Waals surface area contributed by atoms with E-state index in [2.05, 4.69) is 30.1 Å². The van der Waals surface area contributed by atoms with E-state index in [1.54, 1.807) is 7.11 Å². The van der Waals surface area contributed by atoms with Gasteiger partial charge in [-0.3, -0.25) is 0 Å².